The first-order valence-corrected chi connectivity index (χ1v) is 10.3. The van der Waals surface area contributed by atoms with Gasteiger partial charge >= 0.3 is 0 Å². The minimum Gasteiger partial charge on any atom is -0.325 e. The van der Waals surface area contributed by atoms with E-state index in [1.165, 1.54) is 0 Å². The standard InChI is InChI=1S/C26H22N2O2/c29-25(27-23-13-5-9-17-7-1-3-11-19(17)23)21-15-16-22(21)26(30)28-24-14-6-10-18-8-2-4-12-20(18)24/h1-14,21-22H,15-16H2,(H,27,29)(H,28,30). The number of carbonyl (C=O) groups excluding carboxylic acids is 2. The Labute approximate surface area is 174 Å². The maximum atomic E-state index is 12.9. The average molecular weight is 394 g/mol. The molecule has 0 radical (unpaired) electrons. The summed E-state index contributed by atoms with van der Waals surface area (Å²) in [6.07, 6.45) is 1.45. The highest BCUT2D eigenvalue weighted by molar-refractivity contribution is 6.07. The van der Waals surface area contributed by atoms with Crippen LogP contribution < -0.4 is 10.6 Å². The molecule has 148 valence electrons. The van der Waals surface area contributed by atoms with Gasteiger partial charge in [0.15, 0.2) is 0 Å². The van der Waals surface area contributed by atoms with Crippen LogP contribution in [0.25, 0.3) is 21.5 Å². The lowest BCUT2D eigenvalue weighted by Gasteiger charge is -2.34. The van der Waals surface area contributed by atoms with Gasteiger partial charge in [-0.2, -0.15) is 0 Å². The molecule has 5 rings (SSSR count). The van der Waals surface area contributed by atoms with Gasteiger partial charge in [-0.1, -0.05) is 72.8 Å². The van der Waals surface area contributed by atoms with Crippen LogP contribution in [0.5, 0.6) is 0 Å². The van der Waals surface area contributed by atoms with Gasteiger partial charge in [0.2, 0.25) is 11.8 Å². The van der Waals surface area contributed by atoms with E-state index in [9.17, 15) is 9.59 Å². The van der Waals surface area contributed by atoms with Crippen molar-refractivity contribution in [1.29, 1.82) is 0 Å². The van der Waals surface area contributed by atoms with Crippen molar-refractivity contribution in [2.75, 3.05) is 10.6 Å². The third-order valence-corrected chi connectivity index (χ3v) is 6.04. The van der Waals surface area contributed by atoms with Crippen molar-refractivity contribution in [2.45, 2.75) is 12.8 Å². The van der Waals surface area contributed by atoms with E-state index >= 15 is 0 Å². The molecule has 2 amide bonds. The molecule has 1 aliphatic carbocycles. The molecule has 0 spiro atoms. The van der Waals surface area contributed by atoms with Crippen molar-refractivity contribution in [3.8, 4) is 0 Å². The molecule has 4 aromatic carbocycles. The fourth-order valence-corrected chi connectivity index (χ4v) is 4.25. The summed E-state index contributed by atoms with van der Waals surface area (Å²) in [5.74, 6) is -0.788. The molecule has 0 aliphatic heterocycles. The lowest BCUT2D eigenvalue weighted by Crippen LogP contribution is -2.43. The van der Waals surface area contributed by atoms with E-state index in [2.05, 4.69) is 10.6 Å². The summed E-state index contributed by atoms with van der Waals surface area (Å²) in [7, 11) is 0. The highest BCUT2D eigenvalue weighted by atomic mass is 16.2. The van der Waals surface area contributed by atoms with E-state index in [-0.39, 0.29) is 23.7 Å². The first-order valence-electron chi connectivity index (χ1n) is 10.3. The van der Waals surface area contributed by atoms with Crippen LogP contribution >= 0.6 is 0 Å². The Morgan fingerprint density at radius 2 is 0.967 bits per heavy atom. The fourth-order valence-electron chi connectivity index (χ4n) is 4.25. The maximum absolute atomic E-state index is 12.9. The molecule has 1 aliphatic rings. The first-order chi connectivity index (χ1) is 14.7. The van der Waals surface area contributed by atoms with Gasteiger partial charge in [-0.15, -0.1) is 0 Å². The number of rotatable bonds is 4. The van der Waals surface area contributed by atoms with Crippen molar-refractivity contribution in [2.24, 2.45) is 11.8 Å². The third-order valence-electron chi connectivity index (χ3n) is 6.04. The monoisotopic (exact) mass is 394 g/mol. The number of fused-ring (bicyclic) bond motifs is 2. The Kier molecular flexibility index (Phi) is 4.68. The van der Waals surface area contributed by atoms with Crippen LogP contribution in [0.15, 0.2) is 84.9 Å². The smallest absolute Gasteiger partial charge is 0.228 e. The van der Waals surface area contributed by atoms with Crippen molar-refractivity contribution >= 4 is 44.7 Å². The summed E-state index contributed by atoms with van der Waals surface area (Å²) in [4.78, 5) is 25.9. The minimum atomic E-state index is -0.307. The van der Waals surface area contributed by atoms with Crippen LogP contribution in [0.3, 0.4) is 0 Å². The van der Waals surface area contributed by atoms with Gasteiger partial charge in [-0.25, -0.2) is 0 Å². The van der Waals surface area contributed by atoms with Gasteiger partial charge in [0.05, 0.1) is 0 Å². The SMILES string of the molecule is O=C(Nc1cccc2ccccc12)C1CCC1C(=O)Nc1cccc2ccccc12. The fraction of sp³-hybridized carbons (Fsp3) is 0.154. The normalized spacial score (nSPS) is 18.0. The zero-order valence-electron chi connectivity index (χ0n) is 16.5. The molecule has 0 aromatic heterocycles. The Balaban J connectivity index is 1.32. The van der Waals surface area contributed by atoms with Gasteiger partial charge in [-0.05, 0) is 35.7 Å². The highest BCUT2D eigenvalue weighted by Gasteiger charge is 2.41. The molecule has 0 saturated heterocycles. The van der Waals surface area contributed by atoms with Crippen LogP contribution in [0.2, 0.25) is 0 Å². The Bertz CT molecular complexity index is 1150. The Morgan fingerprint density at radius 1 is 0.567 bits per heavy atom. The number of carbonyl (C=O) groups is 2. The summed E-state index contributed by atoms with van der Waals surface area (Å²) in [6.45, 7) is 0. The molecular weight excluding hydrogens is 372 g/mol. The Morgan fingerprint density at radius 3 is 1.40 bits per heavy atom. The topological polar surface area (TPSA) is 58.2 Å². The molecule has 4 aromatic rings. The molecule has 2 unspecified atom stereocenters. The van der Waals surface area contributed by atoms with Crippen LogP contribution in [0.1, 0.15) is 12.8 Å². The van der Waals surface area contributed by atoms with E-state index in [0.29, 0.717) is 0 Å². The molecule has 0 heterocycles. The predicted molar refractivity (Wildman–Crippen MR) is 121 cm³/mol. The number of hydrogen-bond acceptors (Lipinski definition) is 2. The van der Waals surface area contributed by atoms with E-state index in [0.717, 1.165) is 45.8 Å². The van der Waals surface area contributed by atoms with Crippen LogP contribution in [0, 0.1) is 11.8 Å². The lowest BCUT2D eigenvalue weighted by molar-refractivity contribution is -0.134. The van der Waals surface area contributed by atoms with Gasteiger partial charge < -0.3 is 10.6 Å². The van der Waals surface area contributed by atoms with Crippen LogP contribution in [-0.4, -0.2) is 11.8 Å². The molecule has 1 fully saturated rings. The zero-order valence-corrected chi connectivity index (χ0v) is 16.5. The van der Waals surface area contributed by atoms with Crippen molar-refractivity contribution in [3.63, 3.8) is 0 Å². The number of nitrogens with one attached hydrogen (secondary N) is 2. The summed E-state index contributed by atoms with van der Waals surface area (Å²) in [5, 5.41) is 10.3. The number of benzene rings is 4. The van der Waals surface area contributed by atoms with Gasteiger partial charge in [0.25, 0.3) is 0 Å². The summed E-state index contributed by atoms with van der Waals surface area (Å²) in [6, 6.07) is 27.6. The molecule has 4 heteroatoms. The van der Waals surface area contributed by atoms with E-state index < -0.39 is 0 Å². The third kappa shape index (κ3) is 3.30. The summed E-state index contributed by atoms with van der Waals surface area (Å²) >= 11 is 0. The molecule has 30 heavy (non-hydrogen) atoms. The number of amides is 2. The first kappa shape index (κ1) is 18.4. The second kappa shape index (κ2) is 7.64. The molecule has 4 nitrogen and oxygen atoms in total. The Hall–Kier alpha value is -3.66. The highest BCUT2D eigenvalue weighted by Crippen LogP contribution is 2.37. The minimum absolute atomic E-state index is 0.0873. The second-order valence-corrected chi connectivity index (χ2v) is 7.82. The van der Waals surface area contributed by atoms with E-state index in [1.54, 1.807) is 0 Å². The van der Waals surface area contributed by atoms with Crippen molar-refractivity contribution in [3.05, 3.63) is 84.9 Å². The molecule has 1 saturated carbocycles. The predicted octanol–water partition coefficient (Wildman–Crippen LogP) is 5.60. The number of anilines is 2. The van der Waals surface area contributed by atoms with Crippen LogP contribution in [0.4, 0.5) is 11.4 Å². The molecule has 2 atom stereocenters. The molecule has 2 N–H and O–H groups in total. The molecular formula is C26H22N2O2. The van der Waals surface area contributed by atoms with Crippen molar-refractivity contribution in [1.82, 2.24) is 0 Å². The largest absolute Gasteiger partial charge is 0.325 e. The summed E-state index contributed by atoms with van der Waals surface area (Å²) < 4.78 is 0. The average Bonchev–Trinajstić information content (AvgIpc) is 2.73. The van der Waals surface area contributed by atoms with Gasteiger partial charge in [-0.3, -0.25) is 9.59 Å². The lowest BCUT2D eigenvalue weighted by atomic mass is 9.72. The van der Waals surface area contributed by atoms with Gasteiger partial charge in [0.1, 0.15) is 0 Å². The van der Waals surface area contributed by atoms with E-state index in [1.807, 2.05) is 84.9 Å². The summed E-state index contributed by atoms with van der Waals surface area (Å²) in [5.41, 5.74) is 1.58. The molecule has 0 bridgehead atoms. The maximum Gasteiger partial charge on any atom is 0.228 e. The second-order valence-electron chi connectivity index (χ2n) is 7.82. The van der Waals surface area contributed by atoms with Crippen molar-refractivity contribution < 1.29 is 9.59 Å². The zero-order chi connectivity index (χ0) is 20.5. The number of hydrogen-bond donors (Lipinski definition) is 2. The van der Waals surface area contributed by atoms with Gasteiger partial charge in [0, 0.05) is 34.0 Å². The van der Waals surface area contributed by atoms with E-state index in [4.69, 9.17) is 0 Å². The van der Waals surface area contributed by atoms with Crippen LogP contribution in [-0.2, 0) is 9.59 Å². The quantitative estimate of drug-likeness (QED) is 0.474.